The summed E-state index contributed by atoms with van der Waals surface area (Å²) in [6.07, 6.45) is 0.555. The highest BCUT2D eigenvalue weighted by Gasteiger charge is 2.44. The van der Waals surface area contributed by atoms with Gasteiger partial charge in [-0.2, -0.15) is 0 Å². The fraction of sp³-hybridized carbons (Fsp3) is 0.444. The molecule has 1 saturated heterocycles. The molecule has 7 nitrogen and oxygen atoms in total. The molecule has 0 bridgehead atoms. The molecule has 7 heteroatoms. The molecule has 1 aromatic carbocycles. The Morgan fingerprint density at radius 1 is 1.08 bits per heavy atom. The Morgan fingerprint density at radius 2 is 1.72 bits per heavy atom. The number of urea groups is 1. The quantitative estimate of drug-likeness (QED) is 0.578. The van der Waals surface area contributed by atoms with Crippen LogP contribution in [0.4, 0.5) is 4.79 Å². The highest BCUT2D eigenvalue weighted by Crippen LogP contribution is 2.15. The molecule has 0 radical (unpaired) electrons. The summed E-state index contributed by atoms with van der Waals surface area (Å²) in [4.78, 5) is 51.4. The molecule has 25 heavy (non-hydrogen) atoms. The van der Waals surface area contributed by atoms with E-state index in [9.17, 15) is 19.2 Å². The maximum absolute atomic E-state index is 12.4. The van der Waals surface area contributed by atoms with Gasteiger partial charge in [0.05, 0.1) is 0 Å². The lowest BCUT2D eigenvalue weighted by atomic mass is 10.1. The number of hydrogen-bond acceptors (Lipinski definition) is 4. The van der Waals surface area contributed by atoms with Gasteiger partial charge in [-0.1, -0.05) is 30.7 Å². The molecule has 0 saturated carbocycles. The van der Waals surface area contributed by atoms with Crippen LogP contribution in [-0.2, 0) is 20.9 Å². The first-order chi connectivity index (χ1) is 11.8. The Hall–Kier alpha value is -2.70. The highest BCUT2D eigenvalue weighted by molar-refractivity contribution is 6.45. The second-order valence-electron chi connectivity index (χ2n) is 6.31. The topological polar surface area (TPSA) is 78.0 Å². The lowest BCUT2D eigenvalue weighted by molar-refractivity contribution is -0.144. The van der Waals surface area contributed by atoms with E-state index in [2.05, 4.69) is 0 Å². The van der Waals surface area contributed by atoms with Crippen LogP contribution in [0.25, 0.3) is 0 Å². The average Bonchev–Trinajstić information content (AvgIpc) is 2.75. The highest BCUT2D eigenvalue weighted by atomic mass is 16.2. The number of aryl methyl sites for hydroxylation is 2. The van der Waals surface area contributed by atoms with Crippen LogP contribution >= 0.6 is 0 Å². The van der Waals surface area contributed by atoms with Crippen molar-refractivity contribution in [2.45, 2.75) is 33.7 Å². The van der Waals surface area contributed by atoms with Crippen LogP contribution in [0, 0.1) is 13.8 Å². The summed E-state index contributed by atoms with van der Waals surface area (Å²) < 4.78 is 0. The third kappa shape index (κ3) is 3.87. The standard InChI is InChI=1S/C18H23N3O4/c1-5-8-20-16(23)17(24)21(18(20)25)11-15(22)19(4)10-14-7-6-12(2)9-13(14)3/h6-7,9H,5,8,10-11H2,1-4H3. The first-order valence-corrected chi connectivity index (χ1v) is 8.23. The van der Waals surface area contributed by atoms with Gasteiger partial charge < -0.3 is 4.90 Å². The predicted molar refractivity (Wildman–Crippen MR) is 91.5 cm³/mol. The second kappa shape index (κ2) is 7.46. The monoisotopic (exact) mass is 345 g/mol. The molecule has 0 atom stereocenters. The minimum Gasteiger partial charge on any atom is -0.340 e. The van der Waals surface area contributed by atoms with E-state index in [0.717, 1.165) is 26.5 Å². The fourth-order valence-corrected chi connectivity index (χ4v) is 2.73. The minimum atomic E-state index is -0.938. The Morgan fingerprint density at radius 3 is 2.32 bits per heavy atom. The van der Waals surface area contributed by atoms with E-state index in [-0.39, 0.29) is 6.54 Å². The molecule has 0 spiro atoms. The molecule has 0 aromatic heterocycles. The van der Waals surface area contributed by atoms with E-state index in [1.54, 1.807) is 14.0 Å². The van der Waals surface area contributed by atoms with Crippen LogP contribution in [0.1, 0.15) is 30.0 Å². The van der Waals surface area contributed by atoms with Crippen molar-refractivity contribution in [3.05, 3.63) is 34.9 Å². The molecule has 5 amide bonds. The van der Waals surface area contributed by atoms with Gasteiger partial charge in [-0.3, -0.25) is 19.3 Å². The van der Waals surface area contributed by atoms with Crippen molar-refractivity contribution in [1.82, 2.24) is 14.7 Å². The SMILES string of the molecule is CCCN1C(=O)C(=O)N(CC(=O)N(C)Cc2ccc(C)cc2C)C1=O. The Kier molecular flexibility index (Phi) is 5.56. The van der Waals surface area contributed by atoms with Crippen LogP contribution in [0.5, 0.6) is 0 Å². The van der Waals surface area contributed by atoms with E-state index >= 15 is 0 Å². The largest absolute Gasteiger partial charge is 0.340 e. The second-order valence-corrected chi connectivity index (χ2v) is 6.31. The average molecular weight is 345 g/mol. The predicted octanol–water partition coefficient (Wildman–Crippen LogP) is 1.46. The van der Waals surface area contributed by atoms with Gasteiger partial charge in [-0.05, 0) is 31.4 Å². The van der Waals surface area contributed by atoms with E-state index in [4.69, 9.17) is 0 Å². The molecule has 1 fully saturated rings. The zero-order chi connectivity index (χ0) is 18.7. The summed E-state index contributed by atoms with van der Waals surface area (Å²) >= 11 is 0. The number of nitrogens with zero attached hydrogens (tertiary/aromatic N) is 3. The zero-order valence-corrected chi connectivity index (χ0v) is 15.0. The summed E-state index contributed by atoms with van der Waals surface area (Å²) in [6, 6.07) is 5.23. The summed E-state index contributed by atoms with van der Waals surface area (Å²) in [5.41, 5.74) is 3.19. The van der Waals surface area contributed by atoms with Crippen molar-refractivity contribution >= 4 is 23.8 Å². The first-order valence-electron chi connectivity index (χ1n) is 8.23. The van der Waals surface area contributed by atoms with Gasteiger partial charge in [0.1, 0.15) is 6.54 Å². The van der Waals surface area contributed by atoms with E-state index in [0.29, 0.717) is 13.0 Å². The molecule has 1 aliphatic rings. The fourth-order valence-electron chi connectivity index (χ4n) is 2.73. The number of likely N-dealkylation sites (N-methyl/N-ethyl adjacent to an activating group) is 1. The van der Waals surface area contributed by atoms with Crippen LogP contribution in [0.2, 0.25) is 0 Å². The Balaban J connectivity index is 2.04. The molecule has 134 valence electrons. The van der Waals surface area contributed by atoms with E-state index < -0.39 is 30.3 Å². The molecule has 0 aliphatic carbocycles. The summed E-state index contributed by atoms with van der Waals surface area (Å²) in [7, 11) is 1.61. The maximum atomic E-state index is 12.4. The van der Waals surface area contributed by atoms with Gasteiger partial charge in [-0.25, -0.2) is 9.69 Å². The summed E-state index contributed by atoms with van der Waals surface area (Å²) in [6.45, 7) is 5.88. The molecule has 0 unspecified atom stereocenters. The van der Waals surface area contributed by atoms with Crippen LogP contribution in [0.15, 0.2) is 18.2 Å². The van der Waals surface area contributed by atoms with Crippen molar-refractivity contribution in [1.29, 1.82) is 0 Å². The number of amides is 5. The number of rotatable bonds is 6. The Bertz CT molecular complexity index is 729. The molecule has 0 N–H and O–H groups in total. The lowest BCUT2D eigenvalue weighted by Gasteiger charge is -2.21. The van der Waals surface area contributed by atoms with Crippen LogP contribution < -0.4 is 0 Å². The van der Waals surface area contributed by atoms with Crippen molar-refractivity contribution < 1.29 is 19.2 Å². The van der Waals surface area contributed by atoms with Gasteiger partial charge in [0, 0.05) is 20.1 Å². The minimum absolute atomic E-state index is 0.173. The zero-order valence-electron chi connectivity index (χ0n) is 15.0. The number of carbonyl (C=O) groups excluding carboxylic acids is 4. The van der Waals surface area contributed by atoms with Gasteiger partial charge in [0.2, 0.25) is 5.91 Å². The Labute approximate surface area is 147 Å². The first kappa shape index (κ1) is 18.6. The van der Waals surface area contributed by atoms with Crippen LogP contribution in [-0.4, -0.2) is 58.6 Å². The van der Waals surface area contributed by atoms with Gasteiger partial charge in [-0.15, -0.1) is 0 Å². The van der Waals surface area contributed by atoms with Crippen molar-refractivity contribution in [3.8, 4) is 0 Å². The smallest absolute Gasteiger partial charge is 0.334 e. The number of imide groups is 2. The molecule has 1 aromatic rings. The lowest BCUT2D eigenvalue weighted by Crippen LogP contribution is -2.42. The molecular weight excluding hydrogens is 322 g/mol. The number of carbonyl (C=O) groups is 4. The molecule has 1 aliphatic heterocycles. The molecule has 2 rings (SSSR count). The molecular formula is C18H23N3O4. The van der Waals surface area contributed by atoms with Gasteiger partial charge in [0.15, 0.2) is 0 Å². The van der Waals surface area contributed by atoms with Crippen molar-refractivity contribution in [2.75, 3.05) is 20.1 Å². The van der Waals surface area contributed by atoms with Gasteiger partial charge >= 0.3 is 17.8 Å². The number of hydrogen-bond donors (Lipinski definition) is 0. The third-order valence-corrected chi connectivity index (χ3v) is 4.21. The normalized spacial score (nSPS) is 14.5. The van der Waals surface area contributed by atoms with Crippen LogP contribution in [0.3, 0.4) is 0 Å². The van der Waals surface area contributed by atoms with E-state index in [1.165, 1.54) is 4.90 Å². The van der Waals surface area contributed by atoms with E-state index in [1.807, 2.05) is 32.0 Å². The third-order valence-electron chi connectivity index (χ3n) is 4.21. The van der Waals surface area contributed by atoms with Gasteiger partial charge in [0.25, 0.3) is 0 Å². The maximum Gasteiger partial charge on any atom is 0.334 e. The van der Waals surface area contributed by atoms with Crippen molar-refractivity contribution in [2.24, 2.45) is 0 Å². The molecule has 1 heterocycles. The number of benzene rings is 1. The van der Waals surface area contributed by atoms with Crippen molar-refractivity contribution in [3.63, 3.8) is 0 Å². The summed E-state index contributed by atoms with van der Waals surface area (Å²) in [5, 5.41) is 0. The summed E-state index contributed by atoms with van der Waals surface area (Å²) in [5.74, 6) is -2.20.